The topological polar surface area (TPSA) is 47.6 Å². The van der Waals surface area contributed by atoms with Crippen molar-refractivity contribution in [2.45, 2.75) is 57.2 Å². The number of hydroxylamine groups is 1. The SMILES string of the molecule is O=C(NOC1CCCC1)C1CCCCO1. The molecule has 0 bridgehead atoms. The van der Waals surface area contributed by atoms with Gasteiger partial charge in [-0.15, -0.1) is 0 Å². The number of carbonyl (C=O) groups excluding carboxylic acids is 1. The van der Waals surface area contributed by atoms with E-state index in [4.69, 9.17) is 9.57 Å². The maximum atomic E-state index is 11.6. The van der Waals surface area contributed by atoms with Crippen LogP contribution in [0.2, 0.25) is 0 Å². The number of nitrogens with one attached hydrogen (secondary N) is 1. The zero-order valence-electron chi connectivity index (χ0n) is 9.04. The summed E-state index contributed by atoms with van der Waals surface area (Å²) in [6.45, 7) is 0.696. The second-order valence-corrected chi connectivity index (χ2v) is 4.35. The average Bonchev–Trinajstić information content (AvgIpc) is 2.80. The van der Waals surface area contributed by atoms with Gasteiger partial charge in [-0.3, -0.25) is 9.63 Å². The lowest BCUT2D eigenvalue weighted by Gasteiger charge is -2.22. The molecule has 1 aliphatic carbocycles. The van der Waals surface area contributed by atoms with Gasteiger partial charge in [-0.25, -0.2) is 5.48 Å². The molecule has 1 aliphatic heterocycles. The van der Waals surface area contributed by atoms with E-state index in [1.807, 2.05) is 0 Å². The van der Waals surface area contributed by atoms with Gasteiger partial charge < -0.3 is 4.74 Å². The molecule has 0 radical (unpaired) electrons. The van der Waals surface area contributed by atoms with E-state index in [1.54, 1.807) is 0 Å². The number of carbonyl (C=O) groups is 1. The predicted octanol–water partition coefficient (Wildman–Crippen LogP) is 1.55. The highest BCUT2D eigenvalue weighted by Crippen LogP contribution is 2.20. The zero-order chi connectivity index (χ0) is 10.5. The lowest BCUT2D eigenvalue weighted by Crippen LogP contribution is -2.39. The summed E-state index contributed by atoms with van der Waals surface area (Å²) in [5, 5.41) is 0. The van der Waals surface area contributed by atoms with E-state index in [0.717, 1.165) is 32.1 Å². The van der Waals surface area contributed by atoms with Crippen LogP contribution in [-0.4, -0.2) is 24.7 Å². The van der Waals surface area contributed by atoms with Gasteiger partial charge in [-0.1, -0.05) is 12.8 Å². The van der Waals surface area contributed by atoms with Crippen molar-refractivity contribution in [1.82, 2.24) is 5.48 Å². The van der Waals surface area contributed by atoms with E-state index < -0.39 is 0 Å². The minimum Gasteiger partial charge on any atom is -0.368 e. The molecule has 1 amide bonds. The fourth-order valence-electron chi connectivity index (χ4n) is 2.16. The number of hydrogen-bond acceptors (Lipinski definition) is 3. The van der Waals surface area contributed by atoms with Gasteiger partial charge in [0.25, 0.3) is 5.91 Å². The molecular formula is C11H19NO3. The van der Waals surface area contributed by atoms with E-state index in [0.29, 0.717) is 6.61 Å². The highest BCUT2D eigenvalue weighted by atomic mass is 16.7. The Bertz CT molecular complexity index is 208. The summed E-state index contributed by atoms with van der Waals surface area (Å²) >= 11 is 0. The van der Waals surface area contributed by atoms with Crippen molar-refractivity contribution in [2.75, 3.05) is 6.61 Å². The standard InChI is InChI=1S/C11H19NO3/c13-11(10-7-3-4-8-14-10)12-15-9-5-1-2-6-9/h9-10H,1-8H2,(H,12,13). The fraction of sp³-hybridized carbons (Fsp3) is 0.909. The summed E-state index contributed by atoms with van der Waals surface area (Å²) in [5.74, 6) is -0.110. The molecule has 1 unspecified atom stereocenters. The second kappa shape index (κ2) is 5.47. The Morgan fingerprint density at radius 3 is 2.53 bits per heavy atom. The first kappa shape index (κ1) is 10.9. The first-order valence-electron chi connectivity index (χ1n) is 5.93. The van der Waals surface area contributed by atoms with Crippen LogP contribution in [0.1, 0.15) is 44.9 Å². The third-order valence-electron chi connectivity index (χ3n) is 3.10. The van der Waals surface area contributed by atoms with Crippen LogP contribution in [0.15, 0.2) is 0 Å². The van der Waals surface area contributed by atoms with Crippen molar-refractivity contribution >= 4 is 5.91 Å². The molecule has 1 heterocycles. The molecule has 4 heteroatoms. The van der Waals surface area contributed by atoms with E-state index in [2.05, 4.69) is 5.48 Å². The molecule has 2 rings (SSSR count). The third kappa shape index (κ3) is 3.18. The monoisotopic (exact) mass is 213 g/mol. The third-order valence-corrected chi connectivity index (χ3v) is 3.10. The van der Waals surface area contributed by atoms with Gasteiger partial charge >= 0.3 is 0 Å². The van der Waals surface area contributed by atoms with Gasteiger partial charge in [-0.05, 0) is 32.1 Å². The Morgan fingerprint density at radius 1 is 1.13 bits per heavy atom. The minimum atomic E-state index is -0.292. The number of hydrogen-bond donors (Lipinski definition) is 1. The summed E-state index contributed by atoms with van der Waals surface area (Å²) < 4.78 is 5.36. The Kier molecular flexibility index (Phi) is 3.97. The molecule has 1 saturated carbocycles. The quantitative estimate of drug-likeness (QED) is 0.723. The van der Waals surface area contributed by atoms with Crippen molar-refractivity contribution in [3.8, 4) is 0 Å². The Hall–Kier alpha value is -0.610. The molecule has 1 saturated heterocycles. The molecule has 86 valence electrons. The van der Waals surface area contributed by atoms with E-state index in [-0.39, 0.29) is 18.1 Å². The maximum Gasteiger partial charge on any atom is 0.272 e. The van der Waals surface area contributed by atoms with Gasteiger partial charge in [0, 0.05) is 6.61 Å². The molecule has 1 atom stereocenters. The minimum absolute atomic E-state index is 0.110. The number of amides is 1. The van der Waals surface area contributed by atoms with Crippen LogP contribution in [0.3, 0.4) is 0 Å². The van der Waals surface area contributed by atoms with Crippen molar-refractivity contribution in [3.63, 3.8) is 0 Å². The van der Waals surface area contributed by atoms with Crippen molar-refractivity contribution in [2.24, 2.45) is 0 Å². The van der Waals surface area contributed by atoms with Crippen LogP contribution in [0.5, 0.6) is 0 Å². The summed E-state index contributed by atoms with van der Waals surface area (Å²) in [6.07, 6.45) is 7.42. The van der Waals surface area contributed by atoms with Gasteiger partial charge in [0.15, 0.2) is 0 Å². The molecule has 0 aromatic carbocycles. The van der Waals surface area contributed by atoms with Gasteiger partial charge in [-0.2, -0.15) is 0 Å². The smallest absolute Gasteiger partial charge is 0.272 e. The lowest BCUT2D eigenvalue weighted by molar-refractivity contribution is -0.152. The maximum absolute atomic E-state index is 11.6. The van der Waals surface area contributed by atoms with E-state index >= 15 is 0 Å². The highest BCUT2D eigenvalue weighted by molar-refractivity contribution is 5.79. The molecule has 4 nitrogen and oxygen atoms in total. The van der Waals surface area contributed by atoms with E-state index in [1.165, 1.54) is 12.8 Å². The molecule has 15 heavy (non-hydrogen) atoms. The molecule has 0 spiro atoms. The average molecular weight is 213 g/mol. The Morgan fingerprint density at radius 2 is 1.87 bits per heavy atom. The first-order chi connectivity index (χ1) is 7.36. The Balaban J connectivity index is 1.66. The second-order valence-electron chi connectivity index (χ2n) is 4.35. The van der Waals surface area contributed by atoms with Gasteiger partial charge in [0.1, 0.15) is 6.10 Å². The van der Waals surface area contributed by atoms with Crippen molar-refractivity contribution < 1.29 is 14.4 Å². The van der Waals surface area contributed by atoms with Crippen molar-refractivity contribution in [1.29, 1.82) is 0 Å². The zero-order valence-corrected chi connectivity index (χ0v) is 9.04. The van der Waals surface area contributed by atoms with Crippen LogP contribution in [0, 0.1) is 0 Å². The number of ether oxygens (including phenoxy) is 1. The van der Waals surface area contributed by atoms with E-state index in [9.17, 15) is 4.79 Å². The fourth-order valence-corrected chi connectivity index (χ4v) is 2.16. The Labute approximate surface area is 90.3 Å². The highest BCUT2D eigenvalue weighted by Gasteiger charge is 2.23. The van der Waals surface area contributed by atoms with Crippen LogP contribution in [0.4, 0.5) is 0 Å². The molecule has 1 N–H and O–H groups in total. The predicted molar refractivity (Wildman–Crippen MR) is 55.1 cm³/mol. The molecule has 0 aromatic rings. The summed E-state index contributed by atoms with van der Waals surface area (Å²) in [6, 6.07) is 0. The molecule has 2 aliphatic rings. The lowest BCUT2D eigenvalue weighted by atomic mass is 10.1. The largest absolute Gasteiger partial charge is 0.368 e. The normalized spacial score (nSPS) is 27.9. The van der Waals surface area contributed by atoms with Crippen LogP contribution < -0.4 is 5.48 Å². The summed E-state index contributed by atoms with van der Waals surface area (Å²) in [4.78, 5) is 16.9. The molecule has 0 aromatic heterocycles. The number of rotatable bonds is 3. The van der Waals surface area contributed by atoms with Crippen LogP contribution in [-0.2, 0) is 14.4 Å². The summed E-state index contributed by atoms with van der Waals surface area (Å²) in [7, 11) is 0. The van der Waals surface area contributed by atoms with Crippen LogP contribution >= 0.6 is 0 Å². The van der Waals surface area contributed by atoms with Crippen LogP contribution in [0.25, 0.3) is 0 Å². The molecule has 2 fully saturated rings. The van der Waals surface area contributed by atoms with Gasteiger partial charge in [0.2, 0.25) is 0 Å². The molecular weight excluding hydrogens is 194 g/mol. The van der Waals surface area contributed by atoms with Gasteiger partial charge in [0.05, 0.1) is 6.10 Å². The van der Waals surface area contributed by atoms with Crippen molar-refractivity contribution in [3.05, 3.63) is 0 Å². The summed E-state index contributed by atoms with van der Waals surface area (Å²) in [5.41, 5.74) is 2.53. The first-order valence-corrected chi connectivity index (χ1v) is 5.93.